The van der Waals surface area contributed by atoms with Crippen LogP contribution < -0.4 is 0 Å². The maximum atomic E-state index is 5.28. The van der Waals surface area contributed by atoms with Crippen molar-refractivity contribution in [1.82, 2.24) is 10.2 Å². The molecule has 0 N–H and O–H groups in total. The molecule has 0 atom stereocenters. The van der Waals surface area contributed by atoms with Gasteiger partial charge in [-0.05, 0) is 25.5 Å². The van der Waals surface area contributed by atoms with Gasteiger partial charge >= 0.3 is 0 Å². The molecule has 3 nitrogen and oxygen atoms in total. The highest BCUT2D eigenvalue weighted by molar-refractivity contribution is 9.10. The summed E-state index contributed by atoms with van der Waals surface area (Å²) < 4.78 is 5.28. The molecule has 0 unspecified atom stereocenters. The predicted molar refractivity (Wildman–Crippen MR) is 56.9 cm³/mol. The van der Waals surface area contributed by atoms with Gasteiger partial charge in [-0.3, -0.25) is 0 Å². The Morgan fingerprint density at radius 3 is 2.57 bits per heavy atom. The van der Waals surface area contributed by atoms with Crippen LogP contribution in [0.3, 0.4) is 0 Å². The van der Waals surface area contributed by atoms with Gasteiger partial charge in [0.1, 0.15) is 0 Å². The lowest BCUT2D eigenvalue weighted by Crippen LogP contribution is -1.84. The van der Waals surface area contributed by atoms with Crippen LogP contribution in [0.1, 0.15) is 11.1 Å². The monoisotopic (exact) mass is 252 g/mol. The van der Waals surface area contributed by atoms with Crippen molar-refractivity contribution in [3.05, 3.63) is 34.1 Å². The minimum absolute atomic E-state index is 0.410. The molecule has 0 fully saturated rings. The summed E-state index contributed by atoms with van der Waals surface area (Å²) in [6.45, 7) is 4.08. The van der Waals surface area contributed by atoms with Crippen LogP contribution in [0.15, 0.2) is 27.4 Å². The summed E-state index contributed by atoms with van der Waals surface area (Å²) in [5.74, 6) is 0.550. The third kappa shape index (κ3) is 1.70. The van der Waals surface area contributed by atoms with E-state index in [1.807, 2.05) is 19.1 Å². The molecule has 0 aliphatic carbocycles. The van der Waals surface area contributed by atoms with Crippen molar-refractivity contribution in [2.75, 3.05) is 0 Å². The van der Waals surface area contributed by atoms with E-state index in [-0.39, 0.29) is 0 Å². The van der Waals surface area contributed by atoms with E-state index in [0.29, 0.717) is 10.7 Å². The fourth-order valence-electron chi connectivity index (χ4n) is 1.37. The molecule has 1 aromatic heterocycles. The van der Waals surface area contributed by atoms with E-state index in [0.717, 1.165) is 11.1 Å². The Labute approximate surface area is 90.3 Å². The summed E-state index contributed by atoms with van der Waals surface area (Å²) in [5, 5.41) is 7.67. The molecule has 14 heavy (non-hydrogen) atoms. The molecule has 0 spiro atoms. The van der Waals surface area contributed by atoms with Crippen LogP contribution in [0.25, 0.3) is 11.5 Å². The normalized spacial score (nSPS) is 10.5. The number of rotatable bonds is 1. The fraction of sp³-hybridized carbons (Fsp3) is 0.200. The first kappa shape index (κ1) is 9.40. The SMILES string of the molecule is Cc1ccc(-c2nnc(Br)o2)c(C)c1. The summed E-state index contributed by atoms with van der Waals surface area (Å²) >= 11 is 3.13. The summed E-state index contributed by atoms with van der Waals surface area (Å²) in [4.78, 5) is 0.410. The van der Waals surface area contributed by atoms with Crippen molar-refractivity contribution in [3.8, 4) is 11.5 Å². The Balaban J connectivity index is 2.52. The van der Waals surface area contributed by atoms with Crippen LogP contribution in [0.5, 0.6) is 0 Å². The molecule has 0 saturated heterocycles. The maximum Gasteiger partial charge on any atom is 0.285 e. The van der Waals surface area contributed by atoms with E-state index in [4.69, 9.17) is 4.42 Å². The molecule has 1 aromatic carbocycles. The van der Waals surface area contributed by atoms with Gasteiger partial charge in [-0.1, -0.05) is 17.7 Å². The Morgan fingerprint density at radius 1 is 1.21 bits per heavy atom. The lowest BCUT2D eigenvalue weighted by atomic mass is 10.1. The average Bonchev–Trinajstić information content (AvgIpc) is 2.51. The van der Waals surface area contributed by atoms with Crippen LogP contribution in [0, 0.1) is 13.8 Å². The predicted octanol–water partition coefficient (Wildman–Crippen LogP) is 3.12. The van der Waals surface area contributed by atoms with Crippen LogP contribution in [0.2, 0.25) is 0 Å². The quantitative estimate of drug-likeness (QED) is 0.783. The van der Waals surface area contributed by atoms with E-state index >= 15 is 0 Å². The number of benzene rings is 1. The summed E-state index contributed by atoms with van der Waals surface area (Å²) in [5.41, 5.74) is 3.35. The van der Waals surface area contributed by atoms with Gasteiger partial charge in [0.15, 0.2) is 0 Å². The van der Waals surface area contributed by atoms with Crippen LogP contribution >= 0.6 is 15.9 Å². The molecular weight excluding hydrogens is 244 g/mol. The summed E-state index contributed by atoms with van der Waals surface area (Å²) in [6.07, 6.45) is 0. The van der Waals surface area contributed by atoms with E-state index in [9.17, 15) is 0 Å². The molecule has 0 saturated carbocycles. The smallest absolute Gasteiger partial charge is 0.285 e. The zero-order chi connectivity index (χ0) is 10.1. The molecule has 1 heterocycles. The molecule has 0 aliphatic heterocycles. The second kappa shape index (κ2) is 3.53. The van der Waals surface area contributed by atoms with E-state index < -0.39 is 0 Å². The highest BCUT2D eigenvalue weighted by atomic mass is 79.9. The number of nitrogens with zero attached hydrogens (tertiary/aromatic N) is 2. The minimum atomic E-state index is 0.410. The summed E-state index contributed by atoms with van der Waals surface area (Å²) in [7, 11) is 0. The zero-order valence-electron chi connectivity index (χ0n) is 7.91. The topological polar surface area (TPSA) is 38.9 Å². The lowest BCUT2D eigenvalue weighted by Gasteiger charge is -2.01. The third-order valence-corrected chi connectivity index (χ3v) is 2.33. The third-order valence-electron chi connectivity index (χ3n) is 2.01. The van der Waals surface area contributed by atoms with Crippen LogP contribution in [-0.4, -0.2) is 10.2 Å². The molecule has 0 aliphatic rings. The average molecular weight is 253 g/mol. The molecule has 2 aromatic rings. The summed E-state index contributed by atoms with van der Waals surface area (Å²) in [6, 6.07) is 6.11. The number of aryl methyl sites for hydroxylation is 2. The van der Waals surface area contributed by atoms with Gasteiger partial charge < -0.3 is 4.42 Å². The van der Waals surface area contributed by atoms with Crippen molar-refractivity contribution in [2.24, 2.45) is 0 Å². The van der Waals surface area contributed by atoms with Gasteiger partial charge in [-0.25, -0.2) is 0 Å². The van der Waals surface area contributed by atoms with Crippen molar-refractivity contribution in [1.29, 1.82) is 0 Å². The first-order valence-corrected chi connectivity index (χ1v) is 5.03. The molecular formula is C10H9BrN2O. The molecule has 0 radical (unpaired) electrons. The van der Waals surface area contributed by atoms with Crippen molar-refractivity contribution in [3.63, 3.8) is 0 Å². The standard InChI is InChI=1S/C10H9BrN2O/c1-6-3-4-8(7(2)5-6)9-12-13-10(11)14-9/h3-5H,1-2H3. The number of hydrogen-bond donors (Lipinski definition) is 0. The Hall–Kier alpha value is -1.16. The first-order valence-electron chi connectivity index (χ1n) is 4.23. The number of aromatic nitrogens is 2. The lowest BCUT2D eigenvalue weighted by molar-refractivity contribution is 0.540. The first-order chi connectivity index (χ1) is 6.66. The fourth-order valence-corrected chi connectivity index (χ4v) is 1.60. The van der Waals surface area contributed by atoms with Gasteiger partial charge in [0.2, 0.25) is 5.89 Å². The molecule has 2 rings (SSSR count). The second-order valence-electron chi connectivity index (χ2n) is 3.18. The Morgan fingerprint density at radius 2 is 2.00 bits per heavy atom. The van der Waals surface area contributed by atoms with Crippen molar-refractivity contribution in [2.45, 2.75) is 13.8 Å². The van der Waals surface area contributed by atoms with Crippen molar-refractivity contribution >= 4 is 15.9 Å². The van der Waals surface area contributed by atoms with Crippen LogP contribution in [0.4, 0.5) is 0 Å². The van der Waals surface area contributed by atoms with E-state index in [1.54, 1.807) is 0 Å². The largest absolute Gasteiger partial charge is 0.411 e. The minimum Gasteiger partial charge on any atom is -0.411 e. The van der Waals surface area contributed by atoms with Crippen LogP contribution in [-0.2, 0) is 0 Å². The van der Waals surface area contributed by atoms with Gasteiger partial charge in [0, 0.05) is 21.5 Å². The van der Waals surface area contributed by atoms with Gasteiger partial charge in [-0.15, -0.1) is 10.2 Å². The van der Waals surface area contributed by atoms with Crippen molar-refractivity contribution < 1.29 is 4.42 Å². The van der Waals surface area contributed by atoms with Gasteiger partial charge in [-0.2, -0.15) is 0 Å². The zero-order valence-corrected chi connectivity index (χ0v) is 9.50. The number of hydrogen-bond acceptors (Lipinski definition) is 3. The molecule has 72 valence electrons. The maximum absolute atomic E-state index is 5.28. The van der Waals surface area contributed by atoms with Gasteiger partial charge in [0.05, 0.1) is 0 Å². The highest BCUT2D eigenvalue weighted by Crippen LogP contribution is 2.24. The van der Waals surface area contributed by atoms with Gasteiger partial charge in [0.25, 0.3) is 4.80 Å². The second-order valence-corrected chi connectivity index (χ2v) is 3.86. The highest BCUT2D eigenvalue weighted by Gasteiger charge is 2.08. The molecule has 0 amide bonds. The van der Waals surface area contributed by atoms with E-state index in [1.165, 1.54) is 5.56 Å². The number of halogens is 1. The van der Waals surface area contributed by atoms with E-state index in [2.05, 4.69) is 39.1 Å². The molecule has 0 bridgehead atoms. The Kier molecular flexibility index (Phi) is 2.37. The molecule has 4 heteroatoms. The Bertz CT molecular complexity index is 465.